The zero-order valence-corrected chi connectivity index (χ0v) is 16.5. The number of aromatic nitrogens is 1. The van der Waals surface area contributed by atoms with Crippen LogP contribution < -0.4 is 5.32 Å². The number of thiazole rings is 1. The Morgan fingerprint density at radius 2 is 2.33 bits per heavy atom. The third kappa shape index (κ3) is 6.40. The van der Waals surface area contributed by atoms with Gasteiger partial charge in [0.15, 0.2) is 5.96 Å². The van der Waals surface area contributed by atoms with Crippen molar-refractivity contribution in [3.8, 4) is 0 Å². The molecule has 0 bridgehead atoms. The Hall–Kier alpha value is -1.14. The van der Waals surface area contributed by atoms with Gasteiger partial charge in [0.05, 0.1) is 17.2 Å². The Labute approximate surface area is 151 Å². The van der Waals surface area contributed by atoms with E-state index in [9.17, 15) is 0 Å². The monoisotopic (exact) mass is 351 g/mol. The molecule has 5 nitrogen and oxygen atoms in total. The van der Waals surface area contributed by atoms with Crippen molar-refractivity contribution in [1.29, 1.82) is 0 Å². The molecule has 1 atom stereocenters. The molecule has 0 radical (unpaired) electrons. The van der Waals surface area contributed by atoms with E-state index in [1.165, 1.54) is 45.3 Å². The molecular formula is C18H33N5S. The number of nitrogens with one attached hydrogen (secondary N) is 1. The van der Waals surface area contributed by atoms with E-state index in [-0.39, 0.29) is 0 Å². The van der Waals surface area contributed by atoms with Crippen molar-refractivity contribution in [2.24, 2.45) is 10.9 Å². The topological polar surface area (TPSA) is 43.8 Å². The van der Waals surface area contributed by atoms with Crippen LogP contribution in [0.25, 0.3) is 0 Å². The van der Waals surface area contributed by atoms with Crippen LogP contribution in [0.3, 0.4) is 0 Å². The van der Waals surface area contributed by atoms with Gasteiger partial charge in [-0.05, 0) is 51.6 Å². The van der Waals surface area contributed by atoms with Crippen LogP contribution in [0.1, 0.15) is 43.3 Å². The fourth-order valence-electron chi connectivity index (χ4n) is 3.33. The third-order valence-corrected chi connectivity index (χ3v) is 5.39. The first-order valence-electron chi connectivity index (χ1n) is 9.13. The average Bonchev–Trinajstić information content (AvgIpc) is 2.95. The molecule has 1 aromatic heterocycles. The number of likely N-dealkylation sites (tertiary alicyclic amines) is 1. The molecule has 2 rings (SSSR count). The highest BCUT2D eigenvalue weighted by Crippen LogP contribution is 2.15. The summed E-state index contributed by atoms with van der Waals surface area (Å²) >= 11 is 1.70. The molecule has 0 spiro atoms. The summed E-state index contributed by atoms with van der Waals surface area (Å²) in [5, 5.41) is 6.72. The Morgan fingerprint density at radius 3 is 3.00 bits per heavy atom. The first-order valence-corrected chi connectivity index (χ1v) is 10.0. The van der Waals surface area contributed by atoms with Gasteiger partial charge in [-0.15, -0.1) is 11.3 Å². The molecule has 0 saturated carbocycles. The van der Waals surface area contributed by atoms with Crippen LogP contribution in [0.5, 0.6) is 0 Å². The van der Waals surface area contributed by atoms with Gasteiger partial charge in [-0.3, -0.25) is 4.99 Å². The van der Waals surface area contributed by atoms with Gasteiger partial charge in [-0.25, -0.2) is 4.98 Å². The summed E-state index contributed by atoms with van der Waals surface area (Å²) in [6.45, 7) is 10.0. The van der Waals surface area contributed by atoms with Crippen molar-refractivity contribution >= 4 is 17.3 Å². The molecule has 1 saturated heterocycles. The molecule has 0 aromatic carbocycles. The second-order valence-electron chi connectivity index (χ2n) is 6.94. The van der Waals surface area contributed by atoms with Gasteiger partial charge in [0.1, 0.15) is 0 Å². The Morgan fingerprint density at radius 1 is 1.50 bits per heavy atom. The van der Waals surface area contributed by atoms with E-state index in [0.29, 0.717) is 0 Å². The second kappa shape index (κ2) is 9.99. The summed E-state index contributed by atoms with van der Waals surface area (Å²) in [5.41, 5.74) is 1.11. The number of unbranched alkanes of at least 4 members (excludes halogenated alkanes) is 1. The van der Waals surface area contributed by atoms with Gasteiger partial charge in [0.2, 0.25) is 0 Å². The second-order valence-corrected chi connectivity index (χ2v) is 8.01. The molecule has 1 aromatic rings. The van der Waals surface area contributed by atoms with Gasteiger partial charge in [0, 0.05) is 32.6 Å². The van der Waals surface area contributed by atoms with Gasteiger partial charge in [0.25, 0.3) is 0 Å². The highest BCUT2D eigenvalue weighted by atomic mass is 32.1. The minimum Gasteiger partial charge on any atom is -0.356 e. The van der Waals surface area contributed by atoms with E-state index in [2.05, 4.69) is 44.4 Å². The maximum atomic E-state index is 4.52. The summed E-state index contributed by atoms with van der Waals surface area (Å²) in [6, 6.07) is 0. The van der Waals surface area contributed by atoms with Crippen LogP contribution in [0.2, 0.25) is 0 Å². The SMILES string of the molecule is CN=C(NCCCCN1CCCC(C)C1)N(C)Cc1csc(C)n1. The molecule has 136 valence electrons. The summed E-state index contributed by atoms with van der Waals surface area (Å²) in [4.78, 5) is 13.7. The molecule has 0 aliphatic carbocycles. The first-order chi connectivity index (χ1) is 11.6. The molecule has 24 heavy (non-hydrogen) atoms. The summed E-state index contributed by atoms with van der Waals surface area (Å²) in [5.74, 6) is 1.82. The minimum absolute atomic E-state index is 0.801. The summed E-state index contributed by atoms with van der Waals surface area (Å²) in [7, 11) is 3.92. The highest BCUT2D eigenvalue weighted by molar-refractivity contribution is 7.09. The van der Waals surface area contributed by atoms with Crippen LogP contribution in [0.4, 0.5) is 0 Å². The van der Waals surface area contributed by atoms with E-state index >= 15 is 0 Å². The molecule has 6 heteroatoms. The van der Waals surface area contributed by atoms with Crippen LogP contribution in [0.15, 0.2) is 10.4 Å². The number of hydrogen-bond acceptors (Lipinski definition) is 4. The average molecular weight is 352 g/mol. The summed E-state index contributed by atoms with van der Waals surface area (Å²) < 4.78 is 0. The molecule has 1 fully saturated rings. The van der Waals surface area contributed by atoms with Crippen molar-refractivity contribution in [3.05, 3.63) is 16.1 Å². The van der Waals surface area contributed by atoms with Crippen molar-refractivity contribution in [2.75, 3.05) is 40.3 Å². The molecular weight excluding hydrogens is 318 g/mol. The lowest BCUT2D eigenvalue weighted by molar-refractivity contribution is 0.181. The third-order valence-electron chi connectivity index (χ3n) is 4.56. The van der Waals surface area contributed by atoms with E-state index in [4.69, 9.17) is 0 Å². The molecule has 1 aliphatic heterocycles. The van der Waals surface area contributed by atoms with Crippen molar-refractivity contribution < 1.29 is 0 Å². The molecule has 1 unspecified atom stereocenters. The predicted octanol–water partition coefficient (Wildman–Crippen LogP) is 2.97. The van der Waals surface area contributed by atoms with Gasteiger partial charge in [-0.1, -0.05) is 6.92 Å². The zero-order valence-electron chi connectivity index (χ0n) is 15.7. The number of rotatable bonds is 7. The zero-order chi connectivity index (χ0) is 17.4. The van der Waals surface area contributed by atoms with Crippen LogP contribution >= 0.6 is 11.3 Å². The van der Waals surface area contributed by atoms with Crippen LogP contribution in [0, 0.1) is 12.8 Å². The Bertz CT molecular complexity index is 513. The molecule has 1 N–H and O–H groups in total. The largest absolute Gasteiger partial charge is 0.356 e. The number of piperidine rings is 1. The number of guanidine groups is 1. The van der Waals surface area contributed by atoms with Crippen LogP contribution in [-0.4, -0.2) is 61.0 Å². The van der Waals surface area contributed by atoms with E-state index in [1.54, 1.807) is 11.3 Å². The molecule has 2 heterocycles. The standard InChI is InChI=1S/C18H33N5S/c1-15-8-7-11-23(12-15)10-6-5-9-20-18(19-3)22(4)13-17-14-24-16(2)21-17/h14-15H,5-13H2,1-4H3,(H,19,20). The van der Waals surface area contributed by atoms with Crippen molar-refractivity contribution in [3.63, 3.8) is 0 Å². The smallest absolute Gasteiger partial charge is 0.193 e. The Kier molecular flexibility index (Phi) is 7.99. The van der Waals surface area contributed by atoms with Crippen molar-refractivity contribution in [1.82, 2.24) is 20.1 Å². The number of aliphatic imine (C=N–C) groups is 1. The van der Waals surface area contributed by atoms with Gasteiger partial charge in [-0.2, -0.15) is 0 Å². The normalized spacial score (nSPS) is 19.5. The Balaban J connectivity index is 1.62. The number of nitrogens with zero attached hydrogens (tertiary/aromatic N) is 4. The fourth-order valence-corrected chi connectivity index (χ4v) is 3.94. The molecule has 0 amide bonds. The minimum atomic E-state index is 0.801. The van der Waals surface area contributed by atoms with Crippen molar-refractivity contribution in [2.45, 2.75) is 46.1 Å². The predicted molar refractivity (Wildman–Crippen MR) is 104 cm³/mol. The summed E-state index contributed by atoms with van der Waals surface area (Å²) in [6.07, 6.45) is 5.21. The van der Waals surface area contributed by atoms with E-state index < -0.39 is 0 Å². The number of aryl methyl sites for hydroxylation is 1. The highest BCUT2D eigenvalue weighted by Gasteiger charge is 2.15. The fraction of sp³-hybridized carbons (Fsp3) is 0.778. The lowest BCUT2D eigenvalue weighted by atomic mass is 10.0. The maximum Gasteiger partial charge on any atom is 0.193 e. The lowest BCUT2D eigenvalue weighted by Gasteiger charge is -2.30. The quantitative estimate of drug-likeness (QED) is 0.466. The maximum absolute atomic E-state index is 4.52. The van der Waals surface area contributed by atoms with E-state index in [0.717, 1.165) is 35.7 Å². The van der Waals surface area contributed by atoms with E-state index in [1.807, 2.05) is 14.0 Å². The van der Waals surface area contributed by atoms with Gasteiger partial charge < -0.3 is 15.1 Å². The lowest BCUT2D eigenvalue weighted by Crippen LogP contribution is -2.39. The molecule has 1 aliphatic rings. The van der Waals surface area contributed by atoms with Crippen LogP contribution in [-0.2, 0) is 6.54 Å². The number of hydrogen-bond donors (Lipinski definition) is 1. The first kappa shape index (κ1) is 19.2. The van der Waals surface area contributed by atoms with Gasteiger partial charge >= 0.3 is 0 Å².